The van der Waals surface area contributed by atoms with Crippen molar-refractivity contribution in [1.82, 2.24) is 0 Å². The fourth-order valence-electron chi connectivity index (χ4n) is 0.727. The van der Waals surface area contributed by atoms with Crippen LogP contribution >= 0.6 is 0 Å². The largest absolute Gasteiger partial charge is 0.125 e. The van der Waals surface area contributed by atoms with E-state index < -0.39 is 0 Å². The molecule has 0 aromatic rings. The zero-order valence-electron chi connectivity index (χ0n) is 5.93. The van der Waals surface area contributed by atoms with Crippen molar-refractivity contribution in [3.8, 4) is 11.8 Å². The molecule has 0 saturated heterocycles. The van der Waals surface area contributed by atoms with Crippen molar-refractivity contribution >= 4 is 0 Å². The van der Waals surface area contributed by atoms with E-state index in [4.69, 9.17) is 0 Å². The van der Waals surface area contributed by atoms with Gasteiger partial charge in [-0.05, 0) is 37.1 Å². The lowest BCUT2D eigenvalue weighted by Gasteiger charge is -1.84. The Hall–Kier alpha value is -1.18. The molecule has 0 heteroatoms. The van der Waals surface area contributed by atoms with Crippen molar-refractivity contribution in [3.05, 3.63) is 30.0 Å². The molecule has 50 valence electrons. The molecule has 0 atom stereocenters. The third-order valence-corrected chi connectivity index (χ3v) is 1.24. The van der Waals surface area contributed by atoms with E-state index in [1.54, 1.807) is 0 Å². The SMILES string of the molecule is C1=C/C=C\C#CCCCC=1. The van der Waals surface area contributed by atoms with Gasteiger partial charge >= 0.3 is 0 Å². The summed E-state index contributed by atoms with van der Waals surface area (Å²) < 4.78 is 0. The van der Waals surface area contributed by atoms with Crippen LogP contribution in [0.2, 0.25) is 0 Å². The summed E-state index contributed by atoms with van der Waals surface area (Å²) in [6.07, 6.45) is 11.0. The van der Waals surface area contributed by atoms with Crippen LogP contribution < -0.4 is 0 Å². The van der Waals surface area contributed by atoms with Crippen LogP contribution in [0.1, 0.15) is 19.3 Å². The van der Waals surface area contributed by atoms with Gasteiger partial charge in [-0.3, -0.25) is 0 Å². The molecule has 0 bridgehead atoms. The Morgan fingerprint density at radius 3 is 3.30 bits per heavy atom. The highest BCUT2D eigenvalue weighted by molar-refractivity contribution is 5.19. The number of rotatable bonds is 0. The molecule has 1 aliphatic rings. The van der Waals surface area contributed by atoms with E-state index in [-0.39, 0.29) is 0 Å². The van der Waals surface area contributed by atoms with Crippen molar-refractivity contribution in [2.75, 3.05) is 0 Å². The van der Waals surface area contributed by atoms with Crippen LogP contribution in [-0.2, 0) is 0 Å². The minimum absolute atomic E-state index is 1.00. The quantitative estimate of drug-likeness (QED) is 0.349. The normalized spacial score (nSPS) is 19.2. The van der Waals surface area contributed by atoms with Crippen LogP contribution in [-0.4, -0.2) is 0 Å². The fourth-order valence-corrected chi connectivity index (χ4v) is 0.727. The number of hydrogen-bond acceptors (Lipinski definition) is 0. The summed E-state index contributed by atoms with van der Waals surface area (Å²) in [5, 5.41) is 0. The maximum Gasteiger partial charge on any atom is 0.00954 e. The molecule has 0 unspecified atom stereocenters. The van der Waals surface area contributed by atoms with Gasteiger partial charge in [-0.15, -0.1) is 5.73 Å². The van der Waals surface area contributed by atoms with Gasteiger partial charge in [0.15, 0.2) is 0 Å². The summed E-state index contributed by atoms with van der Waals surface area (Å²) in [5.41, 5.74) is 3.05. The molecule has 0 spiro atoms. The first-order chi connectivity index (χ1) is 5.00. The second kappa shape index (κ2) is 4.68. The lowest BCUT2D eigenvalue weighted by atomic mass is 10.2. The van der Waals surface area contributed by atoms with Crippen molar-refractivity contribution in [2.45, 2.75) is 19.3 Å². The summed E-state index contributed by atoms with van der Waals surface area (Å²) in [6, 6.07) is 0. The third-order valence-electron chi connectivity index (χ3n) is 1.24. The van der Waals surface area contributed by atoms with Crippen LogP contribution in [0, 0.1) is 11.8 Å². The molecule has 0 aromatic heterocycles. The molecule has 0 heterocycles. The Bertz CT molecular complexity index is 226. The molecule has 0 aromatic carbocycles. The van der Waals surface area contributed by atoms with E-state index in [1.807, 2.05) is 18.2 Å². The van der Waals surface area contributed by atoms with Gasteiger partial charge in [-0.25, -0.2) is 0 Å². The van der Waals surface area contributed by atoms with Crippen LogP contribution in [0.15, 0.2) is 30.0 Å². The lowest BCUT2D eigenvalue weighted by molar-refractivity contribution is 0.886. The third kappa shape index (κ3) is 2.97. The highest BCUT2D eigenvalue weighted by Gasteiger charge is 1.78. The first-order valence-electron chi connectivity index (χ1n) is 3.54. The highest BCUT2D eigenvalue weighted by atomic mass is 13.8. The molecule has 0 radical (unpaired) electrons. The summed E-state index contributed by atoms with van der Waals surface area (Å²) in [4.78, 5) is 0. The number of allylic oxidation sites excluding steroid dienone is 3. The summed E-state index contributed by atoms with van der Waals surface area (Å²) in [6.45, 7) is 0. The molecule has 1 rings (SSSR count). The molecule has 0 amide bonds. The van der Waals surface area contributed by atoms with Gasteiger partial charge in [0.2, 0.25) is 0 Å². The molecule has 0 N–H and O–H groups in total. The van der Waals surface area contributed by atoms with E-state index in [2.05, 4.69) is 23.6 Å². The summed E-state index contributed by atoms with van der Waals surface area (Å²) in [7, 11) is 0. The zero-order valence-corrected chi connectivity index (χ0v) is 5.93. The van der Waals surface area contributed by atoms with E-state index in [9.17, 15) is 0 Å². The zero-order chi connectivity index (χ0) is 7.07. The van der Waals surface area contributed by atoms with Crippen LogP contribution in [0.25, 0.3) is 0 Å². The maximum absolute atomic E-state index is 3.05. The maximum atomic E-state index is 3.05. The van der Waals surface area contributed by atoms with Crippen LogP contribution in [0.4, 0.5) is 0 Å². The second-order valence-corrected chi connectivity index (χ2v) is 2.11. The van der Waals surface area contributed by atoms with Gasteiger partial charge < -0.3 is 0 Å². The minimum atomic E-state index is 1.00. The van der Waals surface area contributed by atoms with Gasteiger partial charge in [0, 0.05) is 6.42 Å². The predicted octanol–water partition coefficient (Wildman–Crippen LogP) is 2.44. The fraction of sp³-hybridized carbons (Fsp3) is 0.300. The molecule has 10 heavy (non-hydrogen) atoms. The highest BCUT2D eigenvalue weighted by Crippen LogP contribution is 1.94. The van der Waals surface area contributed by atoms with Gasteiger partial charge in [0.25, 0.3) is 0 Å². The molecular weight excluding hydrogens is 120 g/mol. The van der Waals surface area contributed by atoms with E-state index in [0.29, 0.717) is 0 Å². The molecule has 0 nitrogen and oxygen atoms in total. The Morgan fingerprint density at radius 1 is 1.30 bits per heavy atom. The molecule has 1 aliphatic carbocycles. The van der Waals surface area contributed by atoms with E-state index in [1.165, 1.54) is 0 Å². The Kier molecular flexibility index (Phi) is 3.24. The van der Waals surface area contributed by atoms with Gasteiger partial charge in [0.1, 0.15) is 0 Å². The van der Waals surface area contributed by atoms with Crippen molar-refractivity contribution in [3.63, 3.8) is 0 Å². The summed E-state index contributed by atoms with van der Waals surface area (Å²) in [5.74, 6) is 5.99. The minimum Gasteiger partial charge on any atom is -0.125 e. The average molecular weight is 130 g/mol. The Labute approximate surface area is 61.9 Å². The first kappa shape index (κ1) is 6.93. The molecule has 0 fully saturated rings. The predicted molar refractivity (Wildman–Crippen MR) is 43.4 cm³/mol. The van der Waals surface area contributed by atoms with Crippen LogP contribution in [0.3, 0.4) is 0 Å². The van der Waals surface area contributed by atoms with E-state index in [0.717, 1.165) is 19.3 Å². The smallest absolute Gasteiger partial charge is 0.00954 e. The van der Waals surface area contributed by atoms with Gasteiger partial charge in [0.05, 0.1) is 0 Å². The molecule has 0 aliphatic heterocycles. The average Bonchev–Trinajstić information content (AvgIpc) is 2.01. The van der Waals surface area contributed by atoms with Crippen LogP contribution in [0.5, 0.6) is 0 Å². The van der Waals surface area contributed by atoms with Crippen molar-refractivity contribution in [2.24, 2.45) is 0 Å². The topological polar surface area (TPSA) is 0 Å². The van der Waals surface area contributed by atoms with Crippen molar-refractivity contribution in [1.29, 1.82) is 0 Å². The Morgan fingerprint density at radius 2 is 2.30 bits per heavy atom. The standard InChI is InChI=1S/C10H10/c1-2-4-6-8-10-9-7-5-3-1/h1-3,6H,8-10H2/b3-1-. The Balaban J connectivity index is 2.61. The van der Waals surface area contributed by atoms with Gasteiger partial charge in [-0.2, -0.15) is 0 Å². The lowest BCUT2D eigenvalue weighted by Crippen LogP contribution is -1.68. The van der Waals surface area contributed by atoms with Gasteiger partial charge in [-0.1, -0.05) is 11.8 Å². The summed E-state index contributed by atoms with van der Waals surface area (Å²) >= 11 is 0. The molecule has 0 saturated carbocycles. The number of hydrogen-bond donors (Lipinski definition) is 0. The molecular formula is C10H10. The van der Waals surface area contributed by atoms with Crippen molar-refractivity contribution < 1.29 is 0 Å². The monoisotopic (exact) mass is 130 g/mol. The second-order valence-electron chi connectivity index (χ2n) is 2.11. The first-order valence-corrected chi connectivity index (χ1v) is 3.54. The van der Waals surface area contributed by atoms with E-state index >= 15 is 0 Å².